The molecule has 0 atom stereocenters. The van der Waals surface area contributed by atoms with Crippen molar-refractivity contribution in [1.82, 2.24) is 0 Å². The fourth-order valence-corrected chi connectivity index (χ4v) is 9.44. The van der Waals surface area contributed by atoms with E-state index in [1.807, 2.05) is 24.3 Å². The molecule has 2 heterocycles. The molecule has 388 valence electrons. The number of nitrogens with zero attached hydrogens (tertiary/aromatic N) is 2. The lowest BCUT2D eigenvalue weighted by molar-refractivity contribution is 0.261. The SMILES string of the molecule is CC(C)(C)c1cc(N=C=O)c2c(c1)C(C)(C)c1cc(C(C)(C)C)cc(NC(=O)Nc3ccccc3Oc3ccccc3NC(=O)Nc3cc(C(C)(C)C)cc4c3Oc3c(N=C=O)cc(C(C)(C)C)cc3C4(C)C)c1O2. The Morgan fingerprint density at radius 3 is 1.05 bits per heavy atom. The highest BCUT2D eigenvalue weighted by Gasteiger charge is 2.42. The number of benzene rings is 6. The minimum Gasteiger partial charge on any atom is -0.453 e. The van der Waals surface area contributed by atoms with Crippen molar-refractivity contribution in [3.63, 3.8) is 0 Å². The lowest BCUT2D eigenvalue weighted by Gasteiger charge is -2.38. The maximum absolute atomic E-state index is 14.3. The standard InChI is InChI=1S/C62H68N6O7/c1-57(2,3)35-25-39-51(45(29-35)63-33-69)74-53-41(61(39,13)14)27-37(59(7,8)9)31-47(53)67-55(71)65-43-21-17-19-23-49(43)73-50-24-20-18-22-44(50)66-56(72)68-48-32-38(60(10,11)12)28-42-54(48)75-52-40(62(42,15)16)26-36(58(4,5)6)30-46(52)64-34-70/h17-32H,1-16H3,(H2,65,67,71)(H2,66,68,72). The highest BCUT2D eigenvalue weighted by molar-refractivity contribution is 6.03. The molecule has 8 rings (SSSR count). The second-order valence-electron chi connectivity index (χ2n) is 24.7. The van der Waals surface area contributed by atoms with Gasteiger partial charge in [-0.25, -0.2) is 19.2 Å². The summed E-state index contributed by atoms with van der Waals surface area (Å²) in [5.74, 6) is 2.31. The van der Waals surface area contributed by atoms with Crippen molar-refractivity contribution in [2.45, 2.75) is 143 Å². The maximum Gasteiger partial charge on any atom is 0.323 e. The van der Waals surface area contributed by atoms with Crippen LogP contribution in [0.2, 0.25) is 0 Å². The molecule has 0 unspecified atom stereocenters. The average Bonchev–Trinajstić information content (AvgIpc) is 3.30. The van der Waals surface area contributed by atoms with E-state index < -0.39 is 22.9 Å². The summed E-state index contributed by atoms with van der Waals surface area (Å²) in [4.78, 5) is 60.2. The largest absolute Gasteiger partial charge is 0.453 e. The van der Waals surface area contributed by atoms with Crippen LogP contribution in [0.5, 0.6) is 34.5 Å². The number of fused-ring (bicyclic) bond motifs is 4. The number of nitrogens with one attached hydrogen (secondary N) is 4. The molecular formula is C62H68N6O7. The van der Waals surface area contributed by atoms with Crippen LogP contribution in [-0.2, 0) is 42.1 Å². The number of isocyanates is 2. The zero-order valence-electron chi connectivity index (χ0n) is 46.0. The van der Waals surface area contributed by atoms with E-state index >= 15 is 0 Å². The van der Waals surface area contributed by atoms with Crippen LogP contribution in [0.15, 0.2) is 107 Å². The van der Waals surface area contributed by atoms with E-state index in [0.29, 0.717) is 68.6 Å². The van der Waals surface area contributed by atoms with Crippen molar-refractivity contribution in [3.05, 3.63) is 142 Å². The van der Waals surface area contributed by atoms with Gasteiger partial charge in [-0.2, -0.15) is 9.98 Å². The Morgan fingerprint density at radius 2 is 0.733 bits per heavy atom. The number of hydrogen-bond acceptors (Lipinski definition) is 9. The molecular weight excluding hydrogens is 941 g/mol. The van der Waals surface area contributed by atoms with Crippen LogP contribution in [-0.4, -0.2) is 24.2 Å². The smallest absolute Gasteiger partial charge is 0.323 e. The van der Waals surface area contributed by atoms with E-state index in [1.165, 1.54) is 0 Å². The Labute approximate surface area is 440 Å². The highest BCUT2D eigenvalue weighted by Crippen LogP contribution is 2.57. The van der Waals surface area contributed by atoms with Crippen LogP contribution in [0.25, 0.3) is 0 Å². The zero-order valence-corrected chi connectivity index (χ0v) is 46.0. The predicted octanol–water partition coefficient (Wildman–Crippen LogP) is 16.8. The molecule has 13 heteroatoms. The Hall–Kier alpha value is -7.98. The Balaban J connectivity index is 1.07. The third-order valence-corrected chi connectivity index (χ3v) is 14.2. The number of para-hydroxylation sites is 4. The normalized spacial score (nSPS) is 14.1. The molecule has 0 aliphatic carbocycles. The van der Waals surface area contributed by atoms with Crippen LogP contribution in [0.4, 0.5) is 43.7 Å². The van der Waals surface area contributed by atoms with Gasteiger partial charge in [0.2, 0.25) is 12.2 Å². The molecule has 4 amide bonds. The maximum atomic E-state index is 14.3. The molecule has 2 aliphatic heterocycles. The third kappa shape index (κ3) is 10.6. The van der Waals surface area contributed by atoms with Crippen molar-refractivity contribution in [2.75, 3.05) is 21.3 Å². The molecule has 0 bridgehead atoms. The molecule has 4 N–H and O–H groups in total. The van der Waals surface area contributed by atoms with Crippen molar-refractivity contribution in [1.29, 1.82) is 0 Å². The molecule has 13 nitrogen and oxygen atoms in total. The van der Waals surface area contributed by atoms with Crippen molar-refractivity contribution < 1.29 is 33.4 Å². The summed E-state index contributed by atoms with van der Waals surface area (Å²) in [6.07, 6.45) is 3.41. The summed E-state index contributed by atoms with van der Waals surface area (Å²) < 4.78 is 19.9. The van der Waals surface area contributed by atoms with Crippen LogP contribution >= 0.6 is 0 Å². The summed E-state index contributed by atoms with van der Waals surface area (Å²) in [7, 11) is 0. The number of hydrogen-bond donors (Lipinski definition) is 4. The third-order valence-electron chi connectivity index (χ3n) is 14.2. The number of ether oxygens (including phenoxy) is 3. The Morgan fingerprint density at radius 1 is 0.440 bits per heavy atom. The quantitative estimate of drug-likeness (QED) is 0.0869. The van der Waals surface area contributed by atoms with Gasteiger partial charge < -0.3 is 35.5 Å². The van der Waals surface area contributed by atoms with Crippen LogP contribution in [0.1, 0.15) is 155 Å². The van der Waals surface area contributed by atoms with Crippen LogP contribution < -0.4 is 35.5 Å². The number of carbonyl (C=O) groups is 2. The lowest BCUT2D eigenvalue weighted by Crippen LogP contribution is -2.28. The van der Waals surface area contributed by atoms with Gasteiger partial charge in [0, 0.05) is 33.1 Å². The number of aliphatic imine (C=N–C) groups is 2. The average molecular weight is 1010 g/mol. The minimum absolute atomic E-state index is 0.246. The van der Waals surface area contributed by atoms with Crippen molar-refractivity contribution in [2.24, 2.45) is 9.98 Å². The van der Waals surface area contributed by atoms with E-state index in [0.717, 1.165) is 44.5 Å². The second kappa shape index (κ2) is 19.1. The molecule has 0 saturated heterocycles. The van der Waals surface area contributed by atoms with Gasteiger partial charge in [0.15, 0.2) is 34.5 Å². The zero-order chi connectivity index (χ0) is 54.8. The predicted molar refractivity (Wildman–Crippen MR) is 299 cm³/mol. The topological polar surface area (TPSA) is 169 Å². The van der Waals surface area contributed by atoms with Gasteiger partial charge in [-0.15, -0.1) is 0 Å². The number of amides is 4. The van der Waals surface area contributed by atoms with Crippen molar-refractivity contribution in [3.8, 4) is 34.5 Å². The fourth-order valence-electron chi connectivity index (χ4n) is 9.44. The van der Waals surface area contributed by atoms with Crippen LogP contribution in [0, 0.1) is 0 Å². The number of carbonyl (C=O) groups excluding carboxylic acids is 4. The molecule has 2 aliphatic rings. The first kappa shape index (κ1) is 53.3. The van der Waals surface area contributed by atoms with E-state index in [-0.39, 0.29) is 21.7 Å². The number of urea groups is 2. The van der Waals surface area contributed by atoms with Gasteiger partial charge in [0.05, 0.1) is 22.7 Å². The van der Waals surface area contributed by atoms with Gasteiger partial charge in [-0.1, -0.05) is 159 Å². The highest BCUT2D eigenvalue weighted by atomic mass is 16.5. The molecule has 0 spiro atoms. The van der Waals surface area contributed by atoms with Gasteiger partial charge in [0.25, 0.3) is 0 Å². The van der Waals surface area contributed by atoms with E-state index in [4.69, 9.17) is 14.2 Å². The Kier molecular flexibility index (Phi) is 13.5. The molecule has 0 aromatic heterocycles. The molecule has 0 saturated carbocycles. The van der Waals surface area contributed by atoms with Gasteiger partial charge in [-0.05, 0) is 92.4 Å². The van der Waals surface area contributed by atoms with E-state index in [9.17, 15) is 19.2 Å². The molecule has 75 heavy (non-hydrogen) atoms. The van der Waals surface area contributed by atoms with Gasteiger partial charge >= 0.3 is 12.1 Å². The van der Waals surface area contributed by atoms with E-state index in [1.54, 1.807) is 60.7 Å². The monoisotopic (exact) mass is 1010 g/mol. The first-order chi connectivity index (χ1) is 34.9. The minimum atomic E-state index is -0.634. The van der Waals surface area contributed by atoms with Gasteiger partial charge in [0.1, 0.15) is 11.4 Å². The number of rotatable bonds is 8. The van der Waals surface area contributed by atoms with Crippen LogP contribution in [0.3, 0.4) is 0 Å². The first-order valence-corrected chi connectivity index (χ1v) is 25.2. The summed E-state index contributed by atoms with van der Waals surface area (Å²) in [6, 6.07) is 28.8. The summed E-state index contributed by atoms with van der Waals surface area (Å²) >= 11 is 0. The first-order valence-electron chi connectivity index (χ1n) is 25.2. The fraction of sp³-hybridized carbons (Fsp3) is 0.355. The summed E-state index contributed by atoms with van der Waals surface area (Å²) in [5.41, 5.74) is 7.26. The molecule has 0 radical (unpaired) electrons. The number of anilines is 4. The Bertz CT molecular complexity index is 3180. The lowest BCUT2D eigenvalue weighted by atomic mass is 9.71. The van der Waals surface area contributed by atoms with Gasteiger partial charge in [-0.3, -0.25) is 0 Å². The molecule has 6 aromatic carbocycles. The molecule has 6 aromatic rings. The van der Waals surface area contributed by atoms with E-state index in [2.05, 4.69) is 166 Å². The van der Waals surface area contributed by atoms with Crippen molar-refractivity contribution >= 4 is 58.3 Å². The summed E-state index contributed by atoms with van der Waals surface area (Å²) in [6.45, 7) is 33.7. The molecule has 0 fully saturated rings. The second-order valence-corrected chi connectivity index (χ2v) is 24.7. The summed E-state index contributed by atoms with van der Waals surface area (Å²) in [5, 5.41) is 12.1.